The number of nitrogens with one attached hydrogen (secondary N) is 1. The van der Waals surface area contributed by atoms with Gasteiger partial charge in [0.2, 0.25) is 14.3 Å². The second kappa shape index (κ2) is 15.9. The average Bonchev–Trinajstić information content (AvgIpc) is 3.51. The summed E-state index contributed by atoms with van der Waals surface area (Å²) in [4.78, 5) is 44.1. The lowest BCUT2D eigenvalue weighted by Gasteiger charge is -2.36. The van der Waals surface area contributed by atoms with Crippen LogP contribution in [0.15, 0.2) is 36.4 Å². The lowest BCUT2D eigenvalue weighted by molar-refractivity contribution is -0.146. The van der Waals surface area contributed by atoms with Crippen molar-refractivity contribution in [2.24, 2.45) is 5.92 Å². The molecule has 0 radical (unpaired) electrons. The van der Waals surface area contributed by atoms with Crippen molar-refractivity contribution in [1.29, 1.82) is 0 Å². The van der Waals surface area contributed by atoms with Gasteiger partial charge in [-0.25, -0.2) is 0 Å². The van der Waals surface area contributed by atoms with E-state index in [9.17, 15) is 24.6 Å². The van der Waals surface area contributed by atoms with Crippen LogP contribution in [0.4, 0.5) is 21.2 Å². The summed E-state index contributed by atoms with van der Waals surface area (Å²) in [5, 5.41) is 22.6. The number of esters is 1. The molecule has 3 N–H and O–H groups in total. The minimum absolute atomic E-state index is 0.0768. The molecule has 3 heterocycles. The maximum atomic E-state index is 16.1. The Kier molecular flexibility index (Phi) is 12.0. The van der Waals surface area contributed by atoms with Crippen LogP contribution in [0, 0.1) is 5.92 Å². The number of aliphatic hydroxyl groups excluding tert-OH is 2. The normalized spacial score (nSPS) is 24.6. The Morgan fingerprint density at radius 2 is 1.84 bits per heavy atom. The monoisotopic (exact) mass is 713 g/mol. The number of unbranched alkanes of at least 4 members (excludes halogenated alkanes) is 2. The molecule has 5 atom stereocenters. The molecule has 3 aliphatic heterocycles. The molecule has 1 spiro atoms. The van der Waals surface area contributed by atoms with Crippen LogP contribution >= 0.6 is 0 Å². The van der Waals surface area contributed by atoms with Crippen molar-refractivity contribution in [2.75, 3.05) is 49.8 Å². The highest BCUT2D eigenvalue weighted by atomic mass is 28.4. The molecule has 5 rings (SSSR count). The zero-order valence-corrected chi connectivity index (χ0v) is 30.9. The molecule has 50 heavy (non-hydrogen) atoms. The number of carbonyl (C=O) groups excluding carboxylic acids is 3. The molecule has 274 valence electrons. The minimum Gasteiger partial charge on any atom is -0.494 e. The fourth-order valence-corrected chi connectivity index (χ4v) is 10.7. The van der Waals surface area contributed by atoms with E-state index in [2.05, 4.69) is 5.32 Å². The number of anilines is 3. The van der Waals surface area contributed by atoms with Crippen LogP contribution in [0.3, 0.4) is 0 Å². The number of aliphatic hydroxyl groups is 2. The summed E-state index contributed by atoms with van der Waals surface area (Å²) in [7, 11) is -2.06. The first kappa shape index (κ1) is 37.9. The molecule has 0 bridgehead atoms. The summed E-state index contributed by atoms with van der Waals surface area (Å²) in [6, 6.07) is 10.6. The summed E-state index contributed by atoms with van der Waals surface area (Å²) < 4.78 is 33.4. The van der Waals surface area contributed by atoms with E-state index in [1.54, 1.807) is 22.9 Å². The predicted octanol–water partition coefficient (Wildman–Crippen LogP) is 4.88. The van der Waals surface area contributed by atoms with E-state index in [0.29, 0.717) is 80.2 Å². The quantitative estimate of drug-likeness (QED) is 0.0962. The van der Waals surface area contributed by atoms with Crippen LogP contribution in [0.2, 0.25) is 18.6 Å². The molecule has 1 fully saturated rings. The van der Waals surface area contributed by atoms with Crippen LogP contribution in [0.1, 0.15) is 63.5 Å². The first-order valence-corrected chi connectivity index (χ1v) is 20.8. The highest BCUT2D eigenvalue weighted by Gasteiger charge is 2.66. The van der Waals surface area contributed by atoms with Crippen molar-refractivity contribution < 1.29 is 42.9 Å². The van der Waals surface area contributed by atoms with Crippen LogP contribution in [0.25, 0.3) is 0 Å². The Hall–Kier alpha value is -3.36. The molecule has 3 aliphatic rings. The van der Waals surface area contributed by atoms with Crippen molar-refractivity contribution in [2.45, 2.75) is 95.2 Å². The van der Waals surface area contributed by atoms with Gasteiger partial charge in [-0.15, -0.1) is 0 Å². The van der Waals surface area contributed by atoms with Crippen molar-refractivity contribution >= 4 is 43.3 Å². The third kappa shape index (κ3) is 7.20. The highest BCUT2D eigenvalue weighted by Crippen LogP contribution is 2.60. The molecule has 0 aromatic heterocycles. The summed E-state index contributed by atoms with van der Waals surface area (Å²) in [5.41, 5.74) is 1.30. The Bertz CT molecular complexity index is 1550. The van der Waals surface area contributed by atoms with Gasteiger partial charge in [0.15, 0.2) is 5.60 Å². The number of carbonyl (C=O) groups is 3. The van der Waals surface area contributed by atoms with Gasteiger partial charge >= 0.3 is 5.97 Å². The summed E-state index contributed by atoms with van der Waals surface area (Å²) in [6.45, 7) is 8.27. The number of hydrogen-bond acceptors (Lipinski definition) is 9. The van der Waals surface area contributed by atoms with E-state index in [1.807, 2.05) is 50.2 Å². The molecule has 0 saturated carbocycles. The van der Waals surface area contributed by atoms with Crippen molar-refractivity contribution in [3.8, 4) is 5.75 Å². The van der Waals surface area contributed by atoms with E-state index < -0.39 is 37.6 Å². The van der Waals surface area contributed by atoms with Crippen LogP contribution < -0.4 is 19.9 Å². The average molecular weight is 714 g/mol. The van der Waals surface area contributed by atoms with Gasteiger partial charge < -0.3 is 38.7 Å². The molecule has 1 saturated heterocycles. The number of hydrogen-bond donors (Lipinski definition) is 3. The van der Waals surface area contributed by atoms with Crippen LogP contribution in [-0.4, -0.2) is 88.6 Å². The predicted molar refractivity (Wildman–Crippen MR) is 191 cm³/mol. The number of benzene rings is 2. The third-order valence-electron chi connectivity index (χ3n) is 10.4. The van der Waals surface area contributed by atoms with E-state index >= 15 is 4.11 Å². The van der Waals surface area contributed by atoms with Crippen molar-refractivity contribution in [3.63, 3.8) is 0 Å². The summed E-state index contributed by atoms with van der Waals surface area (Å²) in [5.74, 6) is -0.622. The Labute approximate surface area is 295 Å². The summed E-state index contributed by atoms with van der Waals surface area (Å²) >= 11 is 0. The van der Waals surface area contributed by atoms with Crippen LogP contribution in [0.5, 0.6) is 5.75 Å². The third-order valence-corrected chi connectivity index (χ3v) is 12.8. The smallest absolute Gasteiger partial charge is 0.305 e. The molecule has 13 heteroatoms. The molecule has 1 unspecified atom stereocenters. The standard InChI is InChI=1S/C37H52FN3O8Si/c1-6-48-27-13-15-30-25(21-27)22-29(39-17-8-10-19-42)35(45)41(30)26-12-14-31-28(23-26)37(36(46)40(31)18-9-7-11-33(44)47-3)24(2)34(50(4,5)38)32(49-37)16-20-43/h12-15,21,23-24,29,32,34,39,42-43H,6-11,16-20,22H2,1-5H3/t24-,29?,32+,34-,37+/m1/s1. The van der Waals surface area contributed by atoms with Gasteiger partial charge in [-0.2, -0.15) is 0 Å². The van der Waals surface area contributed by atoms with Gasteiger partial charge in [0.1, 0.15) is 5.75 Å². The lowest BCUT2D eigenvalue weighted by atomic mass is 9.82. The molecule has 11 nitrogen and oxygen atoms in total. The fourth-order valence-electron chi connectivity index (χ4n) is 8.16. The number of halogens is 1. The van der Waals surface area contributed by atoms with E-state index in [-0.39, 0.29) is 43.8 Å². The topological polar surface area (TPSA) is 138 Å². The molecule has 2 amide bonds. The maximum absolute atomic E-state index is 16.1. The second-order valence-corrected chi connectivity index (χ2v) is 17.8. The number of rotatable bonds is 16. The molecule has 2 aromatic rings. The van der Waals surface area contributed by atoms with Crippen molar-refractivity contribution in [1.82, 2.24) is 5.32 Å². The fraction of sp³-hybridized carbons (Fsp3) is 0.595. The zero-order chi connectivity index (χ0) is 36.2. The molecule has 0 aliphatic carbocycles. The lowest BCUT2D eigenvalue weighted by Crippen LogP contribution is -2.49. The number of amides is 2. The Morgan fingerprint density at radius 1 is 1.08 bits per heavy atom. The molecular formula is C37H52FN3O8Si. The van der Waals surface area contributed by atoms with Gasteiger partial charge in [-0.3, -0.25) is 19.3 Å². The largest absolute Gasteiger partial charge is 0.494 e. The van der Waals surface area contributed by atoms with E-state index in [1.165, 1.54) is 7.11 Å². The first-order valence-electron chi connectivity index (χ1n) is 17.9. The van der Waals surface area contributed by atoms with E-state index in [0.717, 1.165) is 5.56 Å². The van der Waals surface area contributed by atoms with Gasteiger partial charge in [-0.05, 0) is 107 Å². The Balaban J connectivity index is 1.60. The van der Waals surface area contributed by atoms with Crippen molar-refractivity contribution in [3.05, 3.63) is 47.5 Å². The van der Waals surface area contributed by atoms with Gasteiger partial charge in [-0.1, -0.05) is 6.92 Å². The zero-order valence-electron chi connectivity index (χ0n) is 29.9. The maximum Gasteiger partial charge on any atom is 0.305 e. The number of ether oxygens (including phenoxy) is 3. The van der Waals surface area contributed by atoms with Crippen LogP contribution in [-0.2, 0) is 35.9 Å². The highest BCUT2D eigenvalue weighted by molar-refractivity contribution is 6.72. The Morgan fingerprint density at radius 3 is 2.52 bits per heavy atom. The number of fused-ring (bicyclic) bond motifs is 3. The summed E-state index contributed by atoms with van der Waals surface area (Å²) in [6.07, 6.45) is 2.60. The SMILES string of the molecule is CCOc1ccc2c(c1)CC(NCCCCO)C(=O)N2c1ccc2c(c1)[C@]1(O[C@@H](CCO)[C@H]([Si](C)(C)F)[C@H]1C)C(=O)N2CCCCC(=O)OC. The molecular weight excluding hydrogens is 662 g/mol. The number of nitrogens with zero attached hydrogens (tertiary/aromatic N) is 2. The second-order valence-electron chi connectivity index (χ2n) is 14.0. The van der Waals surface area contributed by atoms with Gasteiger partial charge in [0.05, 0.1) is 37.2 Å². The minimum atomic E-state index is -3.41. The van der Waals surface area contributed by atoms with Gasteiger partial charge in [0.25, 0.3) is 5.91 Å². The first-order chi connectivity index (χ1) is 23.9. The van der Waals surface area contributed by atoms with E-state index in [4.69, 9.17) is 14.2 Å². The van der Waals surface area contributed by atoms with Gasteiger partial charge in [0, 0.05) is 48.9 Å². The number of methoxy groups -OCH3 is 1. The molecule has 2 aromatic carbocycles.